The summed E-state index contributed by atoms with van der Waals surface area (Å²) in [6.07, 6.45) is 0.736. The third-order valence-corrected chi connectivity index (χ3v) is 4.79. The Balaban J connectivity index is 2.16. The van der Waals surface area contributed by atoms with E-state index in [1.807, 2.05) is 12.1 Å². The number of methoxy groups -OCH3 is 1. The number of benzene rings is 2. The molecule has 1 unspecified atom stereocenters. The summed E-state index contributed by atoms with van der Waals surface area (Å²) in [5.41, 5.74) is 0.373. The van der Waals surface area contributed by atoms with Crippen LogP contribution >= 0.6 is 15.9 Å². The van der Waals surface area contributed by atoms with Crippen LogP contribution in [0.1, 0.15) is 24.4 Å². The molecule has 0 aliphatic carbocycles. The molecule has 25 heavy (non-hydrogen) atoms. The Labute approximate surface area is 151 Å². The van der Waals surface area contributed by atoms with E-state index in [1.54, 1.807) is 12.1 Å². The number of carbonyl (C=O) groups is 1. The third-order valence-electron chi connectivity index (χ3n) is 4.18. The zero-order valence-corrected chi connectivity index (χ0v) is 14.8. The van der Waals surface area contributed by atoms with Crippen molar-refractivity contribution < 1.29 is 18.8 Å². The number of carbonyl (C=O) groups excluding carboxylic acids is 1. The van der Waals surface area contributed by atoms with Crippen LogP contribution in [0.25, 0.3) is 0 Å². The second kappa shape index (κ2) is 6.79. The Morgan fingerprint density at radius 1 is 1.36 bits per heavy atom. The molecule has 0 saturated carbocycles. The molecule has 1 atom stereocenters. The van der Waals surface area contributed by atoms with Crippen molar-refractivity contribution in [3.05, 3.63) is 62.4 Å². The molecule has 3 rings (SSSR count). The second-order valence-electron chi connectivity index (χ2n) is 5.57. The number of para-hydroxylation sites is 1. The van der Waals surface area contributed by atoms with Crippen molar-refractivity contribution in [2.45, 2.75) is 18.9 Å². The van der Waals surface area contributed by atoms with Gasteiger partial charge in [-0.3, -0.25) is 19.8 Å². The van der Waals surface area contributed by atoms with Gasteiger partial charge in [0.1, 0.15) is 17.3 Å². The van der Waals surface area contributed by atoms with Crippen LogP contribution in [0, 0.1) is 15.9 Å². The van der Waals surface area contributed by atoms with E-state index in [-0.39, 0.29) is 22.5 Å². The molecular formula is C17H14BrFN2O4. The maximum atomic E-state index is 13.8. The Bertz CT molecular complexity index is 859. The smallest absolute Gasteiger partial charge is 0.295 e. The van der Waals surface area contributed by atoms with Gasteiger partial charge in [-0.05, 0) is 34.5 Å². The fourth-order valence-electron chi connectivity index (χ4n) is 3.09. The summed E-state index contributed by atoms with van der Waals surface area (Å²) >= 11 is 3.04. The van der Waals surface area contributed by atoms with E-state index in [1.165, 1.54) is 18.1 Å². The zero-order chi connectivity index (χ0) is 18.1. The molecule has 1 fully saturated rings. The standard InChI is InChI=1S/C17H14BrFN2O4/c1-25-16-5-3-2-4-10(16)13-6-7-17(22)20(13)14-8-11(18)12(19)9-15(14)21(23)24/h2-5,8-9,13H,6-7H2,1H3. The lowest BCUT2D eigenvalue weighted by molar-refractivity contribution is -0.384. The van der Waals surface area contributed by atoms with Crippen molar-refractivity contribution in [1.29, 1.82) is 0 Å². The summed E-state index contributed by atoms with van der Waals surface area (Å²) < 4.78 is 19.2. The lowest BCUT2D eigenvalue weighted by Crippen LogP contribution is -2.28. The Kier molecular flexibility index (Phi) is 4.71. The van der Waals surface area contributed by atoms with Crippen molar-refractivity contribution in [3.63, 3.8) is 0 Å². The summed E-state index contributed by atoms with van der Waals surface area (Å²) in [7, 11) is 1.52. The van der Waals surface area contributed by atoms with Crippen molar-refractivity contribution in [3.8, 4) is 5.75 Å². The average Bonchev–Trinajstić information content (AvgIpc) is 2.98. The van der Waals surface area contributed by atoms with Crippen LogP contribution in [-0.4, -0.2) is 17.9 Å². The molecule has 2 aromatic rings. The van der Waals surface area contributed by atoms with Gasteiger partial charge in [-0.25, -0.2) is 4.39 Å². The predicted molar refractivity (Wildman–Crippen MR) is 93.2 cm³/mol. The average molecular weight is 409 g/mol. The SMILES string of the molecule is COc1ccccc1C1CCC(=O)N1c1cc(Br)c(F)cc1[N+](=O)[O-]. The Hall–Kier alpha value is -2.48. The van der Waals surface area contributed by atoms with Gasteiger partial charge < -0.3 is 4.74 Å². The molecule has 0 bridgehead atoms. The number of hydrogen-bond donors (Lipinski definition) is 0. The fourth-order valence-corrected chi connectivity index (χ4v) is 3.42. The maximum absolute atomic E-state index is 13.8. The topological polar surface area (TPSA) is 72.7 Å². The van der Waals surface area contributed by atoms with Gasteiger partial charge in [0.05, 0.1) is 28.6 Å². The molecule has 6 nitrogen and oxygen atoms in total. The summed E-state index contributed by atoms with van der Waals surface area (Å²) in [5, 5.41) is 11.4. The second-order valence-corrected chi connectivity index (χ2v) is 6.43. The largest absolute Gasteiger partial charge is 0.496 e. The maximum Gasteiger partial charge on any atom is 0.295 e. The van der Waals surface area contributed by atoms with Crippen LogP contribution in [0.3, 0.4) is 0 Å². The van der Waals surface area contributed by atoms with Crippen molar-refractivity contribution >= 4 is 33.2 Å². The number of anilines is 1. The van der Waals surface area contributed by atoms with E-state index in [0.717, 1.165) is 11.6 Å². The molecule has 1 saturated heterocycles. The van der Waals surface area contributed by atoms with Crippen LogP contribution in [0.5, 0.6) is 5.75 Å². The number of amides is 1. The van der Waals surface area contributed by atoms with Crippen molar-refractivity contribution in [1.82, 2.24) is 0 Å². The van der Waals surface area contributed by atoms with Gasteiger partial charge in [0.25, 0.3) is 5.69 Å². The zero-order valence-electron chi connectivity index (χ0n) is 13.2. The van der Waals surface area contributed by atoms with Crippen LogP contribution in [0.4, 0.5) is 15.8 Å². The summed E-state index contributed by atoms with van der Waals surface area (Å²) in [6, 6.07) is 8.89. The van der Waals surface area contributed by atoms with Gasteiger partial charge in [-0.2, -0.15) is 0 Å². The number of rotatable bonds is 4. The first-order valence-corrected chi connectivity index (χ1v) is 8.31. The van der Waals surface area contributed by atoms with Gasteiger partial charge in [0.15, 0.2) is 0 Å². The van der Waals surface area contributed by atoms with Gasteiger partial charge in [-0.15, -0.1) is 0 Å². The highest BCUT2D eigenvalue weighted by molar-refractivity contribution is 9.10. The highest BCUT2D eigenvalue weighted by Gasteiger charge is 2.38. The number of nitro groups is 1. The number of hydrogen-bond acceptors (Lipinski definition) is 4. The number of nitro benzene ring substituents is 1. The number of nitrogens with zero attached hydrogens (tertiary/aromatic N) is 2. The summed E-state index contributed by atoms with van der Waals surface area (Å²) in [5.74, 6) is -0.413. The van der Waals surface area contributed by atoms with E-state index in [4.69, 9.17) is 4.74 Å². The normalized spacial score (nSPS) is 17.0. The highest BCUT2D eigenvalue weighted by atomic mass is 79.9. The molecule has 0 aromatic heterocycles. The van der Waals surface area contributed by atoms with Crippen molar-refractivity contribution in [2.75, 3.05) is 12.0 Å². The molecule has 0 radical (unpaired) electrons. The monoisotopic (exact) mass is 408 g/mol. The number of halogens is 2. The van der Waals surface area contributed by atoms with Gasteiger partial charge in [-0.1, -0.05) is 18.2 Å². The lowest BCUT2D eigenvalue weighted by Gasteiger charge is -2.26. The summed E-state index contributed by atoms with van der Waals surface area (Å²) in [6.45, 7) is 0. The third kappa shape index (κ3) is 3.09. The molecule has 1 aliphatic rings. The minimum absolute atomic E-state index is 0.0616. The Morgan fingerprint density at radius 2 is 2.08 bits per heavy atom. The minimum Gasteiger partial charge on any atom is -0.496 e. The Morgan fingerprint density at radius 3 is 2.76 bits per heavy atom. The molecule has 1 aliphatic heterocycles. The molecule has 1 heterocycles. The molecule has 1 amide bonds. The van der Waals surface area contributed by atoms with Crippen LogP contribution in [0.15, 0.2) is 40.9 Å². The first kappa shape index (κ1) is 17.3. The predicted octanol–water partition coefficient (Wildman–Crippen LogP) is 4.37. The molecule has 130 valence electrons. The van der Waals surface area contributed by atoms with E-state index in [0.29, 0.717) is 12.2 Å². The quantitative estimate of drug-likeness (QED) is 0.555. The molecule has 0 spiro atoms. The van der Waals surface area contributed by atoms with Crippen LogP contribution < -0.4 is 9.64 Å². The van der Waals surface area contributed by atoms with Crippen molar-refractivity contribution in [2.24, 2.45) is 0 Å². The highest BCUT2D eigenvalue weighted by Crippen LogP contribution is 2.44. The molecule has 0 N–H and O–H groups in total. The number of ether oxygens (including phenoxy) is 1. The molecular weight excluding hydrogens is 395 g/mol. The molecule has 8 heteroatoms. The summed E-state index contributed by atoms with van der Waals surface area (Å²) in [4.78, 5) is 24.5. The molecule has 2 aromatic carbocycles. The van der Waals surface area contributed by atoms with E-state index >= 15 is 0 Å². The van der Waals surface area contributed by atoms with Gasteiger partial charge >= 0.3 is 0 Å². The first-order chi connectivity index (χ1) is 11.9. The fraction of sp³-hybridized carbons (Fsp3) is 0.235. The van der Waals surface area contributed by atoms with E-state index in [2.05, 4.69) is 15.9 Å². The van der Waals surface area contributed by atoms with Gasteiger partial charge in [0, 0.05) is 12.0 Å². The minimum atomic E-state index is -0.754. The lowest BCUT2D eigenvalue weighted by atomic mass is 10.0. The van der Waals surface area contributed by atoms with Gasteiger partial charge in [0.2, 0.25) is 5.91 Å². The van der Waals surface area contributed by atoms with Crippen LogP contribution in [0.2, 0.25) is 0 Å². The first-order valence-electron chi connectivity index (χ1n) is 7.52. The van der Waals surface area contributed by atoms with E-state index < -0.39 is 22.5 Å². The van der Waals surface area contributed by atoms with E-state index in [9.17, 15) is 19.3 Å². The van der Waals surface area contributed by atoms with Crippen LogP contribution in [-0.2, 0) is 4.79 Å².